The molecule has 1 aromatic heterocycles. The van der Waals surface area contributed by atoms with Gasteiger partial charge in [-0.05, 0) is 41.6 Å². The Morgan fingerprint density at radius 3 is 3.08 bits per heavy atom. The van der Waals surface area contributed by atoms with Gasteiger partial charge in [0.15, 0.2) is 0 Å². The predicted molar refractivity (Wildman–Crippen MR) is 90.0 cm³/mol. The van der Waals surface area contributed by atoms with Crippen LogP contribution in [0.1, 0.15) is 28.5 Å². The van der Waals surface area contributed by atoms with Crippen LogP contribution in [0.5, 0.6) is 0 Å². The second kappa shape index (κ2) is 7.86. The Labute approximate surface area is 144 Å². The normalized spacial score (nSPS) is 19.8. The predicted octanol–water partition coefficient (Wildman–Crippen LogP) is 3.08. The van der Waals surface area contributed by atoms with Crippen molar-refractivity contribution in [2.24, 2.45) is 0 Å². The van der Waals surface area contributed by atoms with Crippen molar-refractivity contribution in [2.75, 3.05) is 19.8 Å². The third-order valence-electron chi connectivity index (χ3n) is 4.28. The Bertz CT molecular complexity index is 714. The maximum atomic E-state index is 13.5. The van der Waals surface area contributed by atoms with Crippen molar-refractivity contribution < 1.29 is 14.2 Å². The van der Waals surface area contributed by atoms with Crippen molar-refractivity contribution in [3.05, 3.63) is 57.5 Å². The number of hydrogen-bond donors (Lipinski definition) is 1. The lowest BCUT2D eigenvalue weighted by Gasteiger charge is -2.36. The van der Waals surface area contributed by atoms with Gasteiger partial charge in [0, 0.05) is 24.0 Å². The number of rotatable bonds is 5. The Morgan fingerprint density at radius 2 is 2.33 bits per heavy atom. The second-order valence-corrected chi connectivity index (χ2v) is 6.86. The summed E-state index contributed by atoms with van der Waals surface area (Å²) in [4.78, 5) is 3.10. The number of ether oxygens (including phenoxy) is 1. The molecule has 24 heavy (non-hydrogen) atoms. The average Bonchev–Trinajstić information content (AvgIpc) is 3.11. The van der Waals surface area contributed by atoms with Crippen molar-refractivity contribution >= 4 is 11.3 Å². The van der Waals surface area contributed by atoms with E-state index in [-0.39, 0.29) is 11.9 Å². The van der Waals surface area contributed by atoms with Crippen LogP contribution in [0.2, 0.25) is 0 Å². The van der Waals surface area contributed by atoms with Gasteiger partial charge in [0.25, 0.3) is 0 Å². The Hall–Kier alpha value is -1.78. The SMILES string of the molecule is N#Cc1ccc(F)cc1CN1CCOC[C@@H]1C[C@@H](O)c1cccs1. The first-order valence-corrected chi connectivity index (χ1v) is 8.77. The Kier molecular flexibility index (Phi) is 5.59. The fourth-order valence-corrected chi connectivity index (χ4v) is 3.71. The first-order valence-electron chi connectivity index (χ1n) is 7.89. The van der Waals surface area contributed by atoms with Crippen LogP contribution in [-0.2, 0) is 11.3 Å². The number of nitrogens with zero attached hydrogens (tertiary/aromatic N) is 2. The summed E-state index contributed by atoms with van der Waals surface area (Å²) >= 11 is 1.53. The Morgan fingerprint density at radius 1 is 1.46 bits per heavy atom. The molecule has 1 N–H and O–H groups in total. The van der Waals surface area contributed by atoms with E-state index in [4.69, 9.17) is 4.74 Å². The molecule has 126 valence electrons. The van der Waals surface area contributed by atoms with E-state index in [1.165, 1.54) is 29.5 Å². The smallest absolute Gasteiger partial charge is 0.123 e. The summed E-state index contributed by atoms with van der Waals surface area (Å²) in [6.07, 6.45) is 0.0136. The molecule has 2 heterocycles. The number of benzene rings is 1. The third kappa shape index (κ3) is 4.00. The highest BCUT2D eigenvalue weighted by Gasteiger charge is 2.27. The van der Waals surface area contributed by atoms with Gasteiger partial charge in [0.1, 0.15) is 5.82 Å². The number of aliphatic hydroxyl groups excluding tert-OH is 1. The zero-order valence-corrected chi connectivity index (χ0v) is 14.0. The molecular weight excluding hydrogens is 327 g/mol. The summed E-state index contributed by atoms with van der Waals surface area (Å²) in [7, 11) is 0. The van der Waals surface area contributed by atoms with E-state index in [1.54, 1.807) is 0 Å². The van der Waals surface area contributed by atoms with Crippen LogP contribution in [-0.4, -0.2) is 35.8 Å². The average molecular weight is 346 g/mol. The van der Waals surface area contributed by atoms with E-state index in [0.29, 0.717) is 43.9 Å². The largest absolute Gasteiger partial charge is 0.388 e. The molecular formula is C18H19FN2O2S. The minimum atomic E-state index is -0.540. The van der Waals surface area contributed by atoms with Gasteiger partial charge in [0.2, 0.25) is 0 Å². The molecule has 1 fully saturated rings. The van der Waals surface area contributed by atoms with Gasteiger partial charge in [-0.25, -0.2) is 4.39 Å². The fourth-order valence-electron chi connectivity index (χ4n) is 2.99. The molecule has 0 saturated carbocycles. The zero-order valence-electron chi connectivity index (χ0n) is 13.2. The van der Waals surface area contributed by atoms with E-state index < -0.39 is 6.10 Å². The van der Waals surface area contributed by atoms with Crippen molar-refractivity contribution in [1.29, 1.82) is 5.26 Å². The van der Waals surface area contributed by atoms with Crippen LogP contribution in [0, 0.1) is 17.1 Å². The van der Waals surface area contributed by atoms with Gasteiger partial charge in [-0.1, -0.05) is 6.07 Å². The number of hydrogen-bond acceptors (Lipinski definition) is 5. The van der Waals surface area contributed by atoms with Crippen LogP contribution >= 0.6 is 11.3 Å². The van der Waals surface area contributed by atoms with Gasteiger partial charge in [-0.15, -0.1) is 11.3 Å². The molecule has 1 aliphatic rings. The minimum Gasteiger partial charge on any atom is -0.388 e. The van der Waals surface area contributed by atoms with Crippen LogP contribution in [0.4, 0.5) is 4.39 Å². The molecule has 6 heteroatoms. The third-order valence-corrected chi connectivity index (χ3v) is 5.25. The number of halogens is 1. The summed E-state index contributed by atoms with van der Waals surface area (Å²) in [5.41, 5.74) is 1.16. The van der Waals surface area contributed by atoms with E-state index in [1.807, 2.05) is 17.5 Å². The highest BCUT2D eigenvalue weighted by atomic mass is 32.1. The quantitative estimate of drug-likeness (QED) is 0.904. The van der Waals surface area contributed by atoms with Crippen LogP contribution in [0.25, 0.3) is 0 Å². The summed E-state index contributed by atoms with van der Waals surface area (Å²) in [6.45, 7) is 2.30. The molecule has 0 radical (unpaired) electrons. The summed E-state index contributed by atoms with van der Waals surface area (Å²) in [5, 5.41) is 21.6. The minimum absolute atomic E-state index is 0.0330. The Balaban J connectivity index is 1.73. The second-order valence-electron chi connectivity index (χ2n) is 5.88. The first-order chi connectivity index (χ1) is 11.7. The highest BCUT2D eigenvalue weighted by Crippen LogP contribution is 2.27. The van der Waals surface area contributed by atoms with Gasteiger partial charge in [-0.3, -0.25) is 4.90 Å². The molecule has 4 nitrogen and oxygen atoms in total. The van der Waals surface area contributed by atoms with Crippen molar-refractivity contribution in [3.8, 4) is 6.07 Å². The lowest BCUT2D eigenvalue weighted by atomic mass is 10.0. The van der Waals surface area contributed by atoms with Crippen molar-refractivity contribution in [1.82, 2.24) is 4.90 Å². The monoisotopic (exact) mass is 346 g/mol. The maximum Gasteiger partial charge on any atom is 0.123 e. The lowest BCUT2D eigenvalue weighted by Crippen LogP contribution is -2.45. The standard InChI is InChI=1S/C18H19FN2O2S/c19-15-4-3-13(10-20)14(8-15)11-21-5-6-23-12-16(21)9-17(22)18-2-1-7-24-18/h1-4,7-8,16-17,22H,5-6,9,11-12H2/t16-,17+/m0/s1. The number of aliphatic hydroxyl groups is 1. The molecule has 2 atom stereocenters. The van der Waals surface area contributed by atoms with Gasteiger partial charge >= 0.3 is 0 Å². The molecule has 0 aliphatic carbocycles. The molecule has 1 aromatic carbocycles. The molecule has 0 bridgehead atoms. The zero-order chi connectivity index (χ0) is 16.9. The van der Waals surface area contributed by atoms with E-state index >= 15 is 0 Å². The summed E-state index contributed by atoms with van der Waals surface area (Å²) < 4.78 is 19.1. The molecule has 0 amide bonds. The van der Waals surface area contributed by atoms with E-state index in [0.717, 1.165) is 4.88 Å². The van der Waals surface area contributed by atoms with Gasteiger partial charge < -0.3 is 9.84 Å². The topological polar surface area (TPSA) is 56.5 Å². The van der Waals surface area contributed by atoms with Crippen molar-refractivity contribution in [2.45, 2.75) is 25.1 Å². The van der Waals surface area contributed by atoms with E-state index in [9.17, 15) is 14.8 Å². The molecule has 1 aliphatic heterocycles. The molecule has 1 saturated heterocycles. The molecule has 0 spiro atoms. The van der Waals surface area contributed by atoms with Gasteiger partial charge in [-0.2, -0.15) is 5.26 Å². The molecule has 2 aromatic rings. The van der Waals surface area contributed by atoms with Crippen molar-refractivity contribution in [3.63, 3.8) is 0 Å². The highest BCUT2D eigenvalue weighted by molar-refractivity contribution is 7.10. The van der Waals surface area contributed by atoms with Gasteiger partial charge in [0.05, 0.1) is 31.0 Å². The number of thiophene rings is 1. The van der Waals surface area contributed by atoms with Crippen LogP contribution in [0.15, 0.2) is 35.7 Å². The van der Waals surface area contributed by atoms with Crippen LogP contribution < -0.4 is 0 Å². The number of nitriles is 1. The lowest BCUT2D eigenvalue weighted by molar-refractivity contribution is -0.0296. The van der Waals surface area contributed by atoms with E-state index in [2.05, 4.69) is 11.0 Å². The summed E-state index contributed by atoms with van der Waals surface area (Å²) in [5.74, 6) is -0.340. The maximum absolute atomic E-state index is 13.5. The fraction of sp³-hybridized carbons (Fsp3) is 0.389. The first kappa shape index (κ1) is 17.1. The summed E-state index contributed by atoms with van der Waals surface area (Å²) in [6, 6.07) is 10.2. The molecule has 3 rings (SSSR count). The molecule has 0 unspecified atom stereocenters. The number of morpholine rings is 1. The van der Waals surface area contributed by atoms with Crippen LogP contribution in [0.3, 0.4) is 0 Å².